The number of benzene rings is 1. The van der Waals surface area contributed by atoms with Crippen LogP contribution >= 0.6 is 0 Å². The lowest BCUT2D eigenvalue weighted by Gasteiger charge is -2.30. The van der Waals surface area contributed by atoms with Crippen molar-refractivity contribution in [2.75, 3.05) is 13.1 Å². The number of hydrogen-bond acceptors (Lipinski definition) is 2. The van der Waals surface area contributed by atoms with E-state index in [0.29, 0.717) is 11.9 Å². The molecule has 1 saturated heterocycles. The zero-order chi connectivity index (χ0) is 14.8. The van der Waals surface area contributed by atoms with Gasteiger partial charge in [-0.2, -0.15) is 0 Å². The fraction of sp³-hybridized carbons (Fsp3) is 0.611. The molecule has 114 valence electrons. The highest BCUT2D eigenvalue weighted by atomic mass is 16.2. The van der Waals surface area contributed by atoms with Crippen LogP contribution in [0.4, 0.5) is 0 Å². The quantitative estimate of drug-likeness (QED) is 0.923. The molecule has 1 heterocycles. The van der Waals surface area contributed by atoms with E-state index in [2.05, 4.69) is 42.3 Å². The fourth-order valence-corrected chi connectivity index (χ4v) is 3.24. The SMILES string of the molecule is Cc1cccc(CN(C(=O)C2CCCNC2)C2CC2)c1C. The molecule has 1 aromatic rings. The third kappa shape index (κ3) is 3.29. The summed E-state index contributed by atoms with van der Waals surface area (Å²) in [7, 11) is 0. The largest absolute Gasteiger partial charge is 0.335 e. The Bertz CT molecular complexity index is 516. The summed E-state index contributed by atoms with van der Waals surface area (Å²) in [5.41, 5.74) is 3.95. The van der Waals surface area contributed by atoms with Crippen LogP contribution in [0.5, 0.6) is 0 Å². The van der Waals surface area contributed by atoms with Crippen molar-refractivity contribution in [3.63, 3.8) is 0 Å². The molecule has 1 aliphatic carbocycles. The molecular formula is C18H26N2O. The Kier molecular flexibility index (Phi) is 4.29. The van der Waals surface area contributed by atoms with Crippen molar-refractivity contribution in [1.82, 2.24) is 10.2 Å². The Balaban J connectivity index is 1.75. The van der Waals surface area contributed by atoms with Gasteiger partial charge in [-0.25, -0.2) is 0 Å². The number of nitrogens with zero attached hydrogens (tertiary/aromatic N) is 1. The van der Waals surface area contributed by atoms with Crippen molar-refractivity contribution in [1.29, 1.82) is 0 Å². The van der Waals surface area contributed by atoms with Crippen LogP contribution in [0.2, 0.25) is 0 Å². The molecule has 0 bridgehead atoms. The molecule has 0 radical (unpaired) electrons. The number of hydrogen-bond donors (Lipinski definition) is 1. The van der Waals surface area contributed by atoms with Gasteiger partial charge in [-0.15, -0.1) is 0 Å². The summed E-state index contributed by atoms with van der Waals surface area (Å²) < 4.78 is 0. The molecule has 1 aromatic carbocycles. The highest BCUT2D eigenvalue weighted by Crippen LogP contribution is 2.31. The smallest absolute Gasteiger partial charge is 0.227 e. The first-order valence-corrected chi connectivity index (χ1v) is 8.23. The Morgan fingerprint density at radius 1 is 1.29 bits per heavy atom. The first kappa shape index (κ1) is 14.6. The highest BCUT2D eigenvalue weighted by molar-refractivity contribution is 5.80. The van der Waals surface area contributed by atoms with Crippen LogP contribution in [0.25, 0.3) is 0 Å². The molecule has 3 heteroatoms. The Hall–Kier alpha value is -1.35. The van der Waals surface area contributed by atoms with Crippen LogP contribution in [0.3, 0.4) is 0 Å². The van der Waals surface area contributed by atoms with Gasteiger partial charge < -0.3 is 10.2 Å². The Morgan fingerprint density at radius 3 is 2.76 bits per heavy atom. The first-order valence-electron chi connectivity index (χ1n) is 8.23. The number of carbonyl (C=O) groups is 1. The molecule has 1 amide bonds. The molecule has 1 aliphatic heterocycles. The van der Waals surface area contributed by atoms with Crippen LogP contribution in [0, 0.1) is 19.8 Å². The number of amides is 1. The van der Waals surface area contributed by atoms with Gasteiger partial charge in [0.05, 0.1) is 5.92 Å². The maximum atomic E-state index is 12.9. The summed E-state index contributed by atoms with van der Waals surface area (Å²) in [6, 6.07) is 6.91. The number of aryl methyl sites for hydroxylation is 1. The zero-order valence-electron chi connectivity index (χ0n) is 13.2. The summed E-state index contributed by atoms with van der Waals surface area (Å²) in [4.78, 5) is 15.0. The molecule has 2 fully saturated rings. The lowest BCUT2D eigenvalue weighted by molar-refractivity contribution is -0.137. The van der Waals surface area contributed by atoms with Crippen LogP contribution in [0.15, 0.2) is 18.2 Å². The van der Waals surface area contributed by atoms with Crippen LogP contribution in [-0.2, 0) is 11.3 Å². The monoisotopic (exact) mass is 286 g/mol. The predicted octanol–water partition coefficient (Wildman–Crippen LogP) is 2.79. The van der Waals surface area contributed by atoms with Crippen molar-refractivity contribution in [3.8, 4) is 0 Å². The maximum Gasteiger partial charge on any atom is 0.227 e. The van der Waals surface area contributed by atoms with E-state index in [-0.39, 0.29) is 5.92 Å². The van der Waals surface area contributed by atoms with Crippen LogP contribution in [-0.4, -0.2) is 29.9 Å². The molecule has 0 aromatic heterocycles. The van der Waals surface area contributed by atoms with E-state index in [1.165, 1.54) is 29.5 Å². The topological polar surface area (TPSA) is 32.3 Å². The van der Waals surface area contributed by atoms with Gasteiger partial charge in [0.1, 0.15) is 0 Å². The normalized spacial score (nSPS) is 22.1. The van der Waals surface area contributed by atoms with E-state index in [9.17, 15) is 4.79 Å². The first-order chi connectivity index (χ1) is 10.2. The average molecular weight is 286 g/mol. The van der Waals surface area contributed by atoms with Crippen LogP contribution in [0.1, 0.15) is 42.4 Å². The van der Waals surface area contributed by atoms with Gasteiger partial charge in [-0.05, 0) is 62.8 Å². The molecule has 3 nitrogen and oxygen atoms in total. The molecule has 1 N–H and O–H groups in total. The van der Waals surface area contributed by atoms with Gasteiger partial charge in [-0.3, -0.25) is 4.79 Å². The van der Waals surface area contributed by atoms with Crippen molar-refractivity contribution < 1.29 is 4.79 Å². The van der Waals surface area contributed by atoms with E-state index in [1.54, 1.807) is 0 Å². The highest BCUT2D eigenvalue weighted by Gasteiger charge is 2.36. The van der Waals surface area contributed by atoms with Gasteiger partial charge in [-0.1, -0.05) is 18.2 Å². The minimum absolute atomic E-state index is 0.185. The molecule has 3 rings (SSSR count). The minimum atomic E-state index is 0.185. The van der Waals surface area contributed by atoms with Gasteiger partial charge >= 0.3 is 0 Å². The summed E-state index contributed by atoms with van der Waals surface area (Å²) >= 11 is 0. The van der Waals surface area contributed by atoms with Crippen molar-refractivity contribution in [2.24, 2.45) is 5.92 Å². The van der Waals surface area contributed by atoms with Gasteiger partial charge in [0.2, 0.25) is 5.91 Å². The number of rotatable bonds is 4. The standard InChI is InChI=1S/C18H26N2O/c1-13-5-3-6-16(14(13)2)12-20(17-8-9-17)18(21)15-7-4-10-19-11-15/h3,5-6,15,17,19H,4,7-12H2,1-2H3. The number of piperidine rings is 1. The fourth-order valence-electron chi connectivity index (χ4n) is 3.24. The molecule has 1 unspecified atom stereocenters. The molecule has 21 heavy (non-hydrogen) atoms. The van der Waals surface area contributed by atoms with E-state index >= 15 is 0 Å². The third-order valence-corrected chi connectivity index (χ3v) is 4.97. The number of nitrogens with one attached hydrogen (secondary N) is 1. The van der Waals surface area contributed by atoms with E-state index in [0.717, 1.165) is 32.5 Å². The van der Waals surface area contributed by atoms with E-state index < -0.39 is 0 Å². The second-order valence-electron chi connectivity index (χ2n) is 6.60. The predicted molar refractivity (Wildman–Crippen MR) is 85.1 cm³/mol. The second-order valence-corrected chi connectivity index (χ2v) is 6.60. The van der Waals surface area contributed by atoms with E-state index in [4.69, 9.17) is 0 Å². The second kappa shape index (κ2) is 6.18. The van der Waals surface area contributed by atoms with Crippen molar-refractivity contribution in [3.05, 3.63) is 34.9 Å². The molecule has 1 saturated carbocycles. The lowest BCUT2D eigenvalue weighted by atomic mass is 9.97. The van der Waals surface area contributed by atoms with E-state index in [1.807, 2.05) is 0 Å². The van der Waals surface area contributed by atoms with Gasteiger partial charge in [0, 0.05) is 19.1 Å². The van der Waals surface area contributed by atoms with Crippen molar-refractivity contribution in [2.45, 2.75) is 52.1 Å². The lowest BCUT2D eigenvalue weighted by Crippen LogP contribution is -2.43. The Labute approximate surface area is 127 Å². The summed E-state index contributed by atoms with van der Waals surface area (Å²) in [5.74, 6) is 0.551. The Morgan fingerprint density at radius 2 is 2.10 bits per heavy atom. The van der Waals surface area contributed by atoms with Crippen LogP contribution < -0.4 is 5.32 Å². The van der Waals surface area contributed by atoms with Gasteiger partial charge in [0.25, 0.3) is 0 Å². The third-order valence-electron chi connectivity index (χ3n) is 4.97. The molecular weight excluding hydrogens is 260 g/mol. The molecule has 2 aliphatic rings. The zero-order valence-corrected chi connectivity index (χ0v) is 13.2. The molecule has 1 atom stereocenters. The molecule has 0 spiro atoms. The average Bonchev–Trinajstić information content (AvgIpc) is 3.34. The maximum absolute atomic E-state index is 12.9. The number of carbonyl (C=O) groups excluding carboxylic acids is 1. The summed E-state index contributed by atoms with van der Waals surface area (Å²) in [5, 5.41) is 3.37. The summed E-state index contributed by atoms with van der Waals surface area (Å²) in [6.45, 7) is 7.02. The van der Waals surface area contributed by atoms with Gasteiger partial charge in [0.15, 0.2) is 0 Å². The summed E-state index contributed by atoms with van der Waals surface area (Å²) in [6.07, 6.45) is 4.52. The minimum Gasteiger partial charge on any atom is -0.335 e. The van der Waals surface area contributed by atoms with Crippen molar-refractivity contribution >= 4 is 5.91 Å².